The van der Waals surface area contributed by atoms with Crippen LogP contribution in [0.15, 0.2) is 30.5 Å². The summed E-state index contributed by atoms with van der Waals surface area (Å²) in [5, 5.41) is 5.45. The zero-order valence-electron chi connectivity index (χ0n) is 10.2. The molecule has 0 radical (unpaired) electrons. The van der Waals surface area contributed by atoms with Crippen molar-refractivity contribution in [2.24, 2.45) is 0 Å². The number of fused-ring (bicyclic) bond motifs is 1. The summed E-state index contributed by atoms with van der Waals surface area (Å²) in [5.41, 5.74) is 1.27. The highest BCUT2D eigenvalue weighted by molar-refractivity contribution is 6.31. The summed E-state index contributed by atoms with van der Waals surface area (Å²) in [5.74, 6) is 0. The fourth-order valence-corrected chi connectivity index (χ4v) is 2.22. The summed E-state index contributed by atoms with van der Waals surface area (Å²) >= 11 is 5.97. The lowest BCUT2D eigenvalue weighted by atomic mass is 10.2. The van der Waals surface area contributed by atoms with Gasteiger partial charge < -0.3 is 9.88 Å². The molecule has 0 saturated heterocycles. The molecule has 0 aliphatic heterocycles. The number of halogens is 1. The molecule has 1 aromatic carbocycles. The maximum absolute atomic E-state index is 5.97. The first-order chi connectivity index (χ1) is 8.31. The second-order valence-corrected chi connectivity index (χ2v) is 4.75. The molecule has 0 amide bonds. The van der Waals surface area contributed by atoms with Crippen molar-refractivity contribution in [1.82, 2.24) is 9.88 Å². The third-order valence-corrected chi connectivity index (χ3v) is 3.15. The van der Waals surface area contributed by atoms with Crippen LogP contribution in [-0.2, 0) is 6.54 Å². The number of rotatable bonds is 6. The molecule has 0 aliphatic rings. The molecule has 2 aromatic rings. The van der Waals surface area contributed by atoms with E-state index in [9.17, 15) is 0 Å². The average molecular weight is 251 g/mol. The van der Waals surface area contributed by atoms with E-state index in [2.05, 4.69) is 35.1 Å². The quantitative estimate of drug-likeness (QED) is 0.774. The van der Waals surface area contributed by atoms with E-state index in [-0.39, 0.29) is 0 Å². The molecule has 0 fully saturated rings. The molecule has 1 N–H and O–H groups in total. The smallest absolute Gasteiger partial charge is 0.0481 e. The van der Waals surface area contributed by atoms with Crippen LogP contribution in [0, 0.1) is 0 Å². The van der Waals surface area contributed by atoms with Crippen molar-refractivity contribution in [1.29, 1.82) is 0 Å². The number of aromatic nitrogens is 1. The maximum Gasteiger partial charge on any atom is 0.0481 e. The predicted molar refractivity (Wildman–Crippen MR) is 74.7 cm³/mol. The van der Waals surface area contributed by atoms with Crippen molar-refractivity contribution in [2.75, 3.05) is 13.1 Å². The van der Waals surface area contributed by atoms with Gasteiger partial charge in [-0.1, -0.05) is 18.5 Å². The van der Waals surface area contributed by atoms with Gasteiger partial charge in [-0.2, -0.15) is 0 Å². The third kappa shape index (κ3) is 3.24. The first-order valence-corrected chi connectivity index (χ1v) is 6.64. The van der Waals surface area contributed by atoms with Crippen molar-refractivity contribution in [2.45, 2.75) is 26.3 Å². The van der Waals surface area contributed by atoms with Crippen molar-refractivity contribution in [3.63, 3.8) is 0 Å². The Bertz CT molecular complexity index is 476. The molecule has 3 heteroatoms. The Kier molecular flexibility index (Phi) is 4.46. The molecule has 0 bridgehead atoms. The van der Waals surface area contributed by atoms with Crippen LogP contribution in [0.2, 0.25) is 5.02 Å². The minimum atomic E-state index is 0.805. The Labute approximate surface area is 108 Å². The lowest BCUT2D eigenvalue weighted by Crippen LogP contribution is -2.17. The summed E-state index contributed by atoms with van der Waals surface area (Å²) in [6.45, 7) is 5.45. The molecule has 0 aliphatic carbocycles. The van der Waals surface area contributed by atoms with Gasteiger partial charge in [-0.05, 0) is 50.2 Å². The van der Waals surface area contributed by atoms with Crippen LogP contribution in [0.25, 0.3) is 10.9 Å². The Hall–Kier alpha value is -0.990. The number of aryl methyl sites for hydroxylation is 1. The van der Waals surface area contributed by atoms with Crippen LogP contribution in [0.4, 0.5) is 0 Å². The molecule has 1 aromatic heterocycles. The van der Waals surface area contributed by atoms with E-state index in [1.165, 1.54) is 17.3 Å². The molecule has 0 saturated carbocycles. The third-order valence-electron chi connectivity index (χ3n) is 2.91. The number of hydrogen-bond acceptors (Lipinski definition) is 1. The molecular weight excluding hydrogens is 232 g/mol. The molecule has 0 atom stereocenters. The molecule has 2 nitrogen and oxygen atoms in total. The van der Waals surface area contributed by atoms with Crippen LogP contribution in [0.1, 0.15) is 19.8 Å². The molecule has 1 heterocycles. The van der Waals surface area contributed by atoms with Gasteiger partial charge >= 0.3 is 0 Å². The fourth-order valence-electron chi connectivity index (χ4n) is 2.04. The molecule has 92 valence electrons. The van der Waals surface area contributed by atoms with E-state index < -0.39 is 0 Å². The van der Waals surface area contributed by atoms with Gasteiger partial charge in [0.25, 0.3) is 0 Å². The largest absolute Gasteiger partial charge is 0.347 e. The Morgan fingerprint density at radius 3 is 2.94 bits per heavy atom. The maximum atomic E-state index is 5.97. The number of benzene rings is 1. The highest BCUT2D eigenvalue weighted by atomic mass is 35.5. The van der Waals surface area contributed by atoms with Gasteiger partial charge in [-0.25, -0.2) is 0 Å². The SMILES string of the molecule is CCCNCCCn1ccc2cc(Cl)ccc21. The van der Waals surface area contributed by atoms with Gasteiger partial charge in [0.15, 0.2) is 0 Å². The normalized spacial score (nSPS) is 11.2. The number of nitrogens with zero attached hydrogens (tertiary/aromatic N) is 1. The minimum absolute atomic E-state index is 0.805. The second-order valence-electron chi connectivity index (χ2n) is 4.32. The molecule has 17 heavy (non-hydrogen) atoms. The predicted octanol–water partition coefficient (Wildman–Crippen LogP) is 3.68. The number of nitrogens with one attached hydrogen (secondary N) is 1. The van der Waals surface area contributed by atoms with Gasteiger partial charge in [0, 0.05) is 28.7 Å². The van der Waals surface area contributed by atoms with E-state index in [0.29, 0.717) is 0 Å². The lowest BCUT2D eigenvalue weighted by molar-refractivity contribution is 0.587. The minimum Gasteiger partial charge on any atom is -0.347 e. The Morgan fingerprint density at radius 1 is 1.24 bits per heavy atom. The first kappa shape index (κ1) is 12.5. The fraction of sp³-hybridized carbons (Fsp3) is 0.429. The topological polar surface area (TPSA) is 17.0 Å². The van der Waals surface area contributed by atoms with Gasteiger partial charge in [-0.15, -0.1) is 0 Å². The Balaban J connectivity index is 1.95. The van der Waals surface area contributed by atoms with Crippen LogP contribution < -0.4 is 5.32 Å². The second kappa shape index (κ2) is 6.08. The van der Waals surface area contributed by atoms with Gasteiger partial charge in [0.2, 0.25) is 0 Å². The molecule has 0 unspecified atom stereocenters. The van der Waals surface area contributed by atoms with Crippen LogP contribution in [0.3, 0.4) is 0 Å². The van der Waals surface area contributed by atoms with E-state index >= 15 is 0 Å². The number of hydrogen-bond donors (Lipinski definition) is 1. The van der Waals surface area contributed by atoms with Crippen molar-refractivity contribution in [3.8, 4) is 0 Å². The monoisotopic (exact) mass is 250 g/mol. The summed E-state index contributed by atoms with van der Waals surface area (Å²) in [4.78, 5) is 0. The van der Waals surface area contributed by atoms with E-state index in [1.54, 1.807) is 0 Å². The summed E-state index contributed by atoms with van der Waals surface area (Å²) in [6.07, 6.45) is 4.50. The highest BCUT2D eigenvalue weighted by Crippen LogP contribution is 2.20. The van der Waals surface area contributed by atoms with E-state index in [1.807, 2.05) is 12.1 Å². The van der Waals surface area contributed by atoms with Crippen molar-refractivity contribution >= 4 is 22.5 Å². The van der Waals surface area contributed by atoms with Gasteiger partial charge in [0.05, 0.1) is 0 Å². The molecule has 0 spiro atoms. The summed E-state index contributed by atoms with van der Waals surface area (Å²) < 4.78 is 2.29. The van der Waals surface area contributed by atoms with E-state index in [0.717, 1.165) is 31.1 Å². The highest BCUT2D eigenvalue weighted by Gasteiger charge is 2.00. The summed E-state index contributed by atoms with van der Waals surface area (Å²) in [6, 6.07) is 8.19. The van der Waals surface area contributed by atoms with Crippen molar-refractivity contribution < 1.29 is 0 Å². The van der Waals surface area contributed by atoms with Gasteiger partial charge in [0.1, 0.15) is 0 Å². The first-order valence-electron chi connectivity index (χ1n) is 6.26. The lowest BCUT2D eigenvalue weighted by Gasteiger charge is -2.06. The van der Waals surface area contributed by atoms with Crippen LogP contribution in [-0.4, -0.2) is 17.7 Å². The van der Waals surface area contributed by atoms with Crippen LogP contribution >= 0.6 is 11.6 Å². The zero-order chi connectivity index (χ0) is 12.1. The van der Waals surface area contributed by atoms with Crippen LogP contribution in [0.5, 0.6) is 0 Å². The van der Waals surface area contributed by atoms with Crippen molar-refractivity contribution in [3.05, 3.63) is 35.5 Å². The van der Waals surface area contributed by atoms with Gasteiger partial charge in [-0.3, -0.25) is 0 Å². The summed E-state index contributed by atoms with van der Waals surface area (Å²) in [7, 11) is 0. The van der Waals surface area contributed by atoms with E-state index in [4.69, 9.17) is 11.6 Å². The molecular formula is C14H19ClN2. The standard InChI is InChI=1S/C14H19ClN2/c1-2-7-16-8-3-9-17-10-6-12-11-13(15)4-5-14(12)17/h4-6,10-11,16H,2-3,7-9H2,1H3. The Morgan fingerprint density at radius 2 is 2.12 bits per heavy atom. The zero-order valence-corrected chi connectivity index (χ0v) is 11.0. The average Bonchev–Trinajstić information content (AvgIpc) is 2.71. The molecule has 2 rings (SSSR count).